The normalized spacial score (nSPS) is 12.4. The van der Waals surface area contributed by atoms with E-state index >= 15 is 0 Å². The van der Waals surface area contributed by atoms with E-state index in [9.17, 15) is 4.39 Å². The number of aromatic nitrogens is 2. The van der Waals surface area contributed by atoms with Gasteiger partial charge in [0, 0.05) is 6.20 Å². The molecule has 0 spiro atoms. The van der Waals surface area contributed by atoms with Gasteiger partial charge in [-0.2, -0.15) is 0 Å². The first-order valence-corrected chi connectivity index (χ1v) is 6.90. The summed E-state index contributed by atoms with van der Waals surface area (Å²) in [4.78, 5) is 8.62. The van der Waals surface area contributed by atoms with Gasteiger partial charge in [0.25, 0.3) is 0 Å². The van der Waals surface area contributed by atoms with Gasteiger partial charge in [0.05, 0.1) is 11.7 Å². The second-order valence-corrected chi connectivity index (χ2v) is 4.92. The van der Waals surface area contributed by atoms with Crippen molar-refractivity contribution >= 4 is 0 Å². The molecule has 0 aliphatic heterocycles. The predicted molar refractivity (Wildman–Crippen MR) is 78.0 cm³/mol. The van der Waals surface area contributed by atoms with Gasteiger partial charge in [-0.05, 0) is 50.1 Å². The van der Waals surface area contributed by atoms with Gasteiger partial charge in [-0.15, -0.1) is 0 Å². The molecule has 1 atom stereocenters. The van der Waals surface area contributed by atoms with E-state index in [2.05, 4.69) is 22.2 Å². The molecule has 0 aliphatic rings. The van der Waals surface area contributed by atoms with Crippen LogP contribution in [0.4, 0.5) is 4.39 Å². The first-order chi connectivity index (χ1) is 9.61. The number of halogens is 1. The molecule has 2 aromatic rings. The highest BCUT2D eigenvalue weighted by atomic mass is 19.1. The average molecular weight is 273 g/mol. The number of hydrogen-bond acceptors (Lipinski definition) is 3. The van der Waals surface area contributed by atoms with Gasteiger partial charge in [-0.1, -0.05) is 19.1 Å². The quantitative estimate of drug-likeness (QED) is 0.908. The van der Waals surface area contributed by atoms with Crippen LogP contribution in [0.3, 0.4) is 0 Å². The van der Waals surface area contributed by atoms with E-state index in [4.69, 9.17) is 0 Å². The van der Waals surface area contributed by atoms with Gasteiger partial charge in [-0.3, -0.25) is 0 Å². The lowest BCUT2D eigenvalue weighted by atomic mass is 10.0. The summed E-state index contributed by atoms with van der Waals surface area (Å²) < 4.78 is 13.4. The molecule has 3 nitrogen and oxygen atoms in total. The van der Waals surface area contributed by atoms with E-state index in [1.165, 1.54) is 6.07 Å². The van der Waals surface area contributed by atoms with E-state index in [0.29, 0.717) is 5.56 Å². The monoisotopic (exact) mass is 273 g/mol. The molecule has 20 heavy (non-hydrogen) atoms. The number of hydrogen-bond donors (Lipinski definition) is 1. The lowest BCUT2D eigenvalue weighted by molar-refractivity contribution is 0.578. The van der Waals surface area contributed by atoms with Crippen LogP contribution in [0.25, 0.3) is 0 Å². The highest BCUT2D eigenvalue weighted by molar-refractivity contribution is 5.31. The summed E-state index contributed by atoms with van der Waals surface area (Å²) in [7, 11) is 0. The minimum absolute atomic E-state index is 0.0315. The second kappa shape index (κ2) is 6.57. The molecule has 0 amide bonds. The van der Waals surface area contributed by atoms with Crippen molar-refractivity contribution in [1.82, 2.24) is 15.3 Å². The van der Waals surface area contributed by atoms with E-state index in [1.807, 2.05) is 25.1 Å². The minimum Gasteiger partial charge on any atom is -0.305 e. The number of aryl methyl sites for hydroxylation is 2. The Hall–Kier alpha value is -1.81. The number of benzene rings is 1. The second-order valence-electron chi connectivity index (χ2n) is 4.92. The van der Waals surface area contributed by atoms with Crippen molar-refractivity contribution in [3.8, 4) is 0 Å². The molecule has 0 saturated heterocycles. The van der Waals surface area contributed by atoms with E-state index < -0.39 is 0 Å². The molecule has 0 aliphatic carbocycles. The van der Waals surface area contributed by atoms with Crippen LogP contribution in [-0.4, -0.2) is 16.5 Å². The summed E-state index contributed by atoms with van der Waals surface area (Å²) in [5, 5.41) is 3.46. The predicted octanol–water partition coefficient (Wildman–Crippen LogP) is 3.32. The van der Waals surface area contributed by atoms with Crippen molar-refractivity contribution in [3.05, 3.63) is 58.9 Å². The maximum absolute atomic E-state index is 13.4. The molecule has 106 valence electrons. The van der Waals surface area contributed by atoms with Gasteiger partial charge in [0.2, 0.25) is 0 Å². The molecule has 1 unspecified atom stereocenters. The van der Waals surface area contributed by atoms with Crippen LogP contribution in [0.1, 0.15) is 42.0 Å². The number of nitrogens with zero attached hydrogens (tertiary/aromatic N) is 2. The molecule has 1 aromatic heterocycles. The summed E-state index contributed by atoms with van der Waals surface area (Å²) in [5.41, 5.74) is 2.59. The van der Waals surface area contributed by atoms with Crippen molar-refractivity contribution < 1.29 is 4.39 Å². The summed E-state index contributed by atoms with van der Waals surface area (Å²) in [5.74, 6) is 0.562. The summed E-state index contributed by atoms with van der Waals surface area (Å²) in [6.45, 7) is 6.65. The lowest BCUT2D eigenvalue weighted by Gasteiger charge is -2.19. The van der Waals surface area contributed by atoms with Gasteiger partial charge >= 0.3 is 0 Å². The van der Waals surface area contributed by atoms with Crippen LogP contribution in [0.2, 0.25) is 0 Å². The average Bonchev–Trinajstić information content (AvgIpc) is 2.43. The fourth-order valence-electron chi connectivity index (χ4n) is 2.16. The standard InChI is InChI=1S/C16H20FN3/c1-4-8-19-16(15-7-9-18-12(3)20-15)13-5-6-14(17)11(2)10-13/h5-7,9-10,16,19H,4,8H2,1-3H3. The van der Waals surface area contributed by atoms with Gasteiger partial charge < -0.3 is 5.32 Å². The Morgan fingerprint density at radius 2 is 2.05 bits per heavy atom. The molecule has 1 aromatic carbocycles. The summed E-state index contributed by atoms with van der Waals surface area (Å²) in [6.07, 6.45) is 2.79. The first-order valence-electron chi connectivity index (χ1n) is 6.90. The van der Waals surface area contributed by atoms with Crippen LogP contribution >= 0.6 is 0 Å². The molecule has 0 fully saturated rings. The molecule has 0 saturated carbocycles. The molecule has 0 bridgehead atoms. The van der Waals surface area contributed by atoms with E-state index in [1.54, 1.807) is 13.1 Å². The Labute approximate surface area is 119 Å². The van der Waals surface area contributed by atoms with Crippen molar-refractivity contribution in [3.63, 3.8) is 0 Å². The zero-order valence-electron chi connectivity index (χ0n) is 12.2. The molecule has 2 rings (SSSR count). The highest BCUT2D eigenvalue weighted by Crippen LogP contribution is 2.22. The van der Waals surface area contributed by atoms with Crippen molar-refractivity contribution in [2.75, 3.05) is 6.54 Å². The molecule has 1 N–H and O–H groups in total. The molecular weight excluding hydrogens is 253 g/mol. The maximum Gasteiger partial charge on any atom is 0.126 e. The Kier molecular flexibility index (Phi) is 4.79. The molecule has 4 heteroatoms. The van der Waals surface area contributed by atoms with Crippen LogP contribution in [0.5, 0.6) is 0 Å². The summed E-state index contributed by atoms with van der Waals surface area (Å²) in [6, 6.07) is 7.07. The molecule has 1 heterocycles. The number of nitrogens with one attached hydrogen (secondary N) is 1. The largest absolute Gasteiger partial charge is 0.305 e. The third-order valence-electron chi connectivity index (χ3n) is 3.21. The van der Waals surface area contributed by atoms with Crippen LogP contribution in [-0.2, 0) is 0 Å². The zero-order chi connectivity index (χ0) is 14.5. The molecule has 0 radical (unpaired) electrons. The topological polar surface area (TPSA) is 37.8 Å². The van der Waals surface area contributed by atoms with Crippen molar-refractivity contribution in [1.29, 1.82) is 0 Å². The Morgan fingerprint density at radius 1 is 1.25 bits per heavy atom. The lowest BCUT2D eigenvalue weighted by Crippen LogP contribution is -2.24. The fourth-order valence-corrected chi connectivity index (χ4v) is 2.16. The van der Waals surface area contributed by atoms with Crippen LogP contribution < -0.4 is 5.32 Å². The van der Waals surface area contributed by atoms with Gasteiger partial charge in [0.15, 0.2) is 0 Å². The van der Waals surface area contributed by atoms with Crippen molar-refractivity contribution in [2.24, 2.45) is 0 Å². The maximum atomic E-state index is 13.4. The third-order valence-corrected chi connectivity index (χ3v) is 3.21. The van der Waals surface area contributed by atoms with Gasteiger partial charge in [-0.25, -0.2) is 14.4 Å². The highest BCUT2D eigenvalue weighted by Gasteiger charge is 2.16. The smallest absolute Gasteiger partial charge is 0.126 e. The Balaban J connectivity index is 2.38. The Bertz CT molecular complexity index is 584. The SMILES string of the molecule is CCCNC(c1ccc(F)c(C)c1)c1ccnc(C)n1. The van der Waals surface area contributed by atoms with Crippen molar-refractivity contribution in [2.45, 2.75) is 33.2 Å². The zero-order valence-corrected chi connectivity index (χ0v) is 12.2. The van der Waals surface area contributed by atoms with Gasteiger partial charge in [0.1, 0.15) is 11.6 Å². The molecular formula is C16H20FN3. The van der Waals surface area contributed by atoms with E-state index in [0.717, 1.165) is 30.0 Å². The minimum atomic E-state index is -0.179. The third kappa shape index (κ3) is 3.39. The Morgan fingerprint density at radius 3 is 2.70 bits per heavy atom. The fraction of sp³-hybridized carbons (Fsp3) is 0.375. The van der Waals surface area contributed by atoms with Crippen LogP contribution in [0.15, 0.2) is 30.5 Å². The number of rotatable bonds is 5. The van der Waals surface area contributed by atoms with Crippen LogP contribution in [0, 0.1) is 19.7 Å². The van der Waals surface area contributed by atoms with E-state index in [-0.39, 0.29) is 11.9 Å². The summed E-state index contributed by atoms with van der Waals surface area (Å²) >= 11 is 0. The first kappa shape index (κ1) is 14.6.